The van der Waals surface area contributed by atoms with Crippen molar-refractivity contribution in [2.24, 2.45) is 0 Å². The number of rotatable bonds is 8. The summed E-state index contributed by atoms with van der Waals surface area (Å²) in [7, 11) is 0. The number of aliphatic carboxylic acids is 1. The third-order valence-electron chi connectivity index (χ3n) is 2.90. The zero-order valence-electron chi connectivity index (χ0n) is 14.4. The van der Waals surface area contributed by atoms with E-state index in [0.29, 0.717) is 0 Å². The Morgan fingerprint density at radius 2 is 1.50 bits per heavy atom. The van der Waals surface area contributed by atoms with Crippen molar-refractivity contribution in [2.75, 3.05) is 0 Å². The van der Waals surface area contributed by atoms with E-state index < -0.39 is 5.97 Å². The van der Waals surface area contributed by atoms with Crippen molar-refractivity contribution in [3.8, 4) is 0 Å². The van der Waals surface area contributed by atoms with Crippen molar-refractivity contribution in [1.82, 2.24) is 0 Å². The Hall–Kier alpha value is -2.09. The van der Waals surface area contributed by atoms with Crippen LogP contribution in [0.5, 0.6) is 0 Å². The number of hydrogen-bond acceptors (Lipinski definition) is 1. The lowest BCUT2D eigenvalue weighted by molar-refractivity contribution is -0.131. The summed E-state index contributed by atoms with van der Waals surface area (Å²) in [6.45, 7) is 10.2. The van der Waals surface area contributed by atoms with Gasteiger partial charge in [0.15, 0.2) is 0 Å². The monoisotopic (exact) mass is 300 g/mol. The van der Waals surface area contributed by atoms with Crippen LogP contribution in [0, 0.1) is 0 Å². The summed E-state index contributed by atoms with van der Waals surface area (Å²) in [6.07, 6.45) is 17.5. The molecule has 22 heavy (non-hydrogen) atoms. The van der Waals surface area contributed by atoms with Crippen molar-refractivity contribution in [1.29, 1.82) is 0 Å². The fourth-order valence-electron chi connectivity index (χ4n) is 1.69. The van der Waals surface area contributed by atoms with Crippen molar-refractivity contribution >= 4 is 5.97 Å². The Labute approximate surface area is 134 Å². The lowest BCUT2D eigenvalue weighted by Gasteiger charge is -1.96. The summed E-state index contributed by atoms with van der Waals surface area (Å²) in [5, 5.41) is 8.61. The summed E-state index contributed by atoms with van der Waals surface area (Å²) < 4.78 is 0. The van der Waals surface area contributed by atoms with E-state index in [2.05, 4.69) is 39.0 Å². The Kier molecular flexibility index (Phi) is 10.5. The van der Waals surface area contributed by atoms with Gasteiger partial charge in [-0.15, -0.1) is 0 Å². The van der Waals surface area contributed by atoms with Crippen LogP contribution < -0.4 is 0 Å². The lowest BCUT2D eigenvalue weighted by atomic mass is 10.1. The molecule has 2 heteroatoms. The standard InChI is InChI=1S/C20H28O2/c1-16(2)9-6-10-17(3)11-7-12-18(4)13-8-14-19(5)15-20(21)22/h7-9,11-15H,6,10H2,1-5H3,(H,21,22). The predicted molar refractivity (Wildman–Crippen MR) is 95.9 cm³/mol. The summed E-state index contributed by atoms with van der Waals surface area (Å²) in [5.41, 5.74) is 4.56. The minimum atomic E-state index is -0.920. The summed E-state index contributed by atoms with van der Waals surface area (Å²) in [6, 6.07) is 0. The second-order valence-electron chi connectivity index (χ2n) is 5.69. The first-order valence-corrected chi connectivity index (χ1v) is 7.54. The van der Waals surface area contributed by atoms with Gasteiger partial charge in [0, 0.05) is 6.08 Å². The number of carboxylic acid groups (broad SMARTS) is 1. The zero-order valence-corrected chi connectivity index (χ0v) is 14.4. The molecule has 0 saturated carbocycles. The number of hydrogen-bond donors (Lipinski definition) is 1. The van der Waals surface area contributed by atoms with Crippen LogP contribution in [-0.2, 0) is 4.79 Å². The summed E-state index contributed by atoms with van der Waals surface area (Å²) in [5.74, 6) is -0.920. The molecule has 0 amide bonds. The predicted octanol–water partition coefficient (Wildman–Crippen LogP) is 5.77. The highest BCUT2D eigenvalue weighted by Gasteiger charge is 1.89. The Morgan fingerprint density at radius 3 is 2.09 bits per heavy atom. The highest BCUT2D eigenvalue weighted by molar-refractivity contribution is 5.81. The molecule has 0 aliphatic carbocycles. The van der Waals surface area contributed by atoms with E-state index in [1.165, 1.54) is 17.2 Å². The molecule has 0 spiro atoms. The highest BCUT2D eigenvalue weighted by Crippen LogP contribution is 2.07. The number of allylic oxidation sites excluding steroid dienone is 11. The van der Waals surface area contributed by atoms with E-state index in [1.807, 2.05) is 25.2 Å². The van der Waals surface area contributed by atoms with E-state index in [0.717, 1.165) is 24.0 Å². The molecule has 0 aliphatic rings. The molecule has 0 unspecified atom stereocenters. The largest absolute Gasteiger partial charge is 0.478 e. The maximum atomic E-state index is 10.5. The minimum absolute atomic E-state index is 0.718. The average molecular weight is 300 g/mol. The molecule has 2 nitrogen and oxygen atoms in total. The molecule has 0 fully saturated rings. The topological polar surface area (TPSA) is 37.3 Å². The van der Waals surface area contributed by atoms with Crippen molar-refractivity contribution in [3.05, 3.63) is 70.9 Å². The molecule has 0 bridgehead atoms. The summed E-state index contributed by atoms with van der Waals surface area (Å²) in [4.78, 5) is 10.5. The second kappa shape index (κ2) is 11.6. The van der Waals surface area contributed by atoms with Crippen LogP contribution in [0.15, 0.2) is 70.9 Å². The highest BCUT2D eigenvalue weighted by atomic mass is 16.4. The normalized spacial score (nSPS) is 14.0. The van der Waals surface area contributed by atoms with Crippen LogP contribution in [0.2, 0.25) is 0 Å². The van der Waals surface area contributed by atoms with Gasteiger partial charge in [0.2, 0.25) is 0 Å². The van der Waals surface area contributed by atoms with Crippen molar-refractivity contribution in [3.63, 3.8) is 0 Å². The third-order valence-corrected chi connectivity index (χ3v) is 2.90. The number of carbonyl (C=O) groups is 1. The second-order valence-corrected chi connectivity index (χ2v) is 5.69. The minimum Gasteiger partial charge on any atom is -0.478 e. The lowest BCUT2D eigenvalue weighted by Crippen LogP contribution is -1.87. The van der Waals surface area contributed by atoms with Gasteiger partial charge in [-0.3, -0.25) is 0 Å². The maximum absolute atomic E-state index is 10.5. The van der Waals surface area contributed by atoms with E-state index in [4.69, 9.17) is 5.11 Å². The van der Waals surface area contributed by atoms with Crippen LogP contribution >= 0.6 is 0 Å². The van der Waals surface area contributed by atoms with Gasteiger partial charge in [0.25, 0.3) is 0 Å². The van der Waals surface area contributed by atoms with Crippen LogP contribution in [0.25, 0.3) is 0 Å². The van der Waals surface area contributed by atoms with Crippen LogP contribution in [0.3, 0.4) is 0 Å². The Balaban J connectivity index is 4.43. The molecule has 0 atom stereocenters. The molecule has 0 aliphatic heterocycles. The fraction of sp³-hybridized carbons (Fsp3) is 0.350. The van der Waals surface area contributed by atoms with Gasteiger partial charge in [-0.1, -0.05) is 59.3 Å². The van der Waals surface area contributed by atoms with Gasteiger partial charge in [-0.05, 0) is 53.0 Å². The Bertz CT molecular complexity index is 534. The van der Waals surface area contributed by atoms with Gasteiger partial charge < -0.3 is 5.11 Å². The maximum Gasteiger partial charge on any atom is 0.328 e. The molecule has 1 N–H and O–H groups in total. The first-order chi connectivity index (χ1) is 10.3. The van der Waals surface area contributed by atoms with E-state index in [9.17, 15) is 4.79 Å². The van der Waals surface area contributed by atoms with Crippen LogP contribution in [-0.4, -0.2) is 11.1 Å². The molecular formula is C20H28O2. The Morgan fingerprint density at radius 1 is 0.909 bits per heavy atom. The van der Waals surface area contributed by atoms with Crippen molar-refractivity contribution < 1.29 is 9.90 Å². The third kappa shape index (κ3) is 12.9. The quantitative estimate of drug-likeness (QED) is 0.351. The van der Waals surface area contributed by atoms with Crippen molar-refractivity contribution in [2.45, 2.75) is 47.5 Å². The molecule has 0 aromatic heterocycles. The molecule has 120 valence electrons. The first-order valence-electron chi connectivity index (χ1n) is 7.54. The molecule has 0 radical (unpaired) electrons. The van der Waals surface area contributed by atoms with E-state index >= 15 is 0 Å². The van der Waals surface area contributed by atoms with Gasteiger partial charge in [0.05, 0.1) is 0 Å². The van der Waals surface area contributed by atoms with E-state index in [1.54, 1.807) is 13.0 Å². The SMILES string of the molecule is CC(C)=CCCC(C)=CC=CC(C)=CC=CC(C)=CC(=O)O. The molecule has 0 heterocycles. The van der Waals surface area contributed by atoms with Crippen LogP contribution in [0.1, 0.15) is 47.5 Å². The summed E-state index contributed by atoms with van der Waals surface area (Å²) >= 11 is 0. The van der Waals surface area contributed by atoms with Gasteiger partial charge >= 0.3 is 5.97 Å². The molecular weight excluding hydrogens is 272 g/mol. The smallest absolute Gasteiger partial charge is 0.328 e. The van der Waals surface area contributed by atoms with Gasteiger partial charge in [-0.25, -0.2) is 4.79 Å². The molecule has 0 aromatic rings. The molecule has 0 aromatic carbocycles. The first kappa shape index (κ1) is 19.9. The zero-order chi connectivity index (χ0) is 17.0. The average Bonchev–Trinajstić information content (AvgIpc) is 2.37. The van der Waals surface area contributed by atoms with E-state index in [-0.39, 0.29) is 0 Å². The number of carboxylic acids is 1. The molecule has 0 saturated heterocycles. The molecule has 0 rings (SSSR count). The van der Waals surface area contributed by atoms with Gasteiger partial charge in [0.1, 0.15) is 0 Å². The fourth-order valence-corrected chi connectivity index (χ4v) is 1.69. The van der Waals surface area contributed by atoms with Crippen LogP contribution in [0.4, 0.5) is 0 Å². The van der Waals surface area contributed by atoms with Gasteiger partial charge in [-0.2, -0.15) is 0 Å².